The minimum atomic E-state index is -3.99. The van der Waals surface area contributed by atoms with E-state index in [9.17, 15) is 13.2 Å². The third-order valence-electron chi connectivity index (χ3n) is 2.45. The van der Waals surface area contributed by atoms with Crippen LogP contribution in [0.4, 0.5) is 5.69 Å². The molecule has 108 valence electrons. The minimum Gasteiger partial charge on any atom is -0.477 e. The first-order valence-electron chi connectivity index (χ1n) is 5.39. The number of anilines is 1. The molecule has 0 bridgehead atoms. The first kappa shape index (κ1) is 15.5. The molecule has 0 spiro atoms. The van der Waals surface area contributed by atoms with Gasteiger partial charge in [0, 0.05) is 0 Å². The molecule has 21 heavy (non-hydrogen) atoms. The van der Waals surface area contributed by atoms with Gasteiger partial charge in [0.15, 0.2) is 0 Å². The Hall–Kier alpha value is -1.89. The van der Waals surface area contributed by atoms with Crippen molar-refractivity contribution in [2.45, 2.75) is 4.90 Å². The summed E-state index contributed by atoms with van der Waals surface area (Å²) in [7, 11) is -3.99. The lowest BCUT2D eigenvalue weighted by molar-refractivity contribution is 0.0702. The van der Waals surface area contributed by atoms with Crippen LogP contribution < -0.4 is 4.72 Å². The van der Waals surface area contributed by atoms with Crippen molar-refractivity contribution in [2.24, 2.45) is 0 Å². The second kappa shape index (κ2) is 5.85. The van der Waals surface area contributed by atoms with Gasteiger partial charge in [0.1, 0.15) is 15.8 Å². The summed E-state index contributed by atoms with van der Waals surface area (Å²) in [6, 6.07) is 9.07. The zero-order valence-electron chi connectivity index (χ0n) is 10.2. The van der Waals surface area contributed by atoms with Crippen molar-refractivity contribution in [3.8, 4) is 6.07 Å². The van der Waals surface area contributed by atoms with Gasteiger partial charge in [-0.1, -0.05) is 12.1 Å². The normalized spacial score (nSPS) is 10.9. The summed E-state index contributed by atoms with van der Waals surface area (Å²) in [4.78, 5) is 10.6. The summed E-state index contributed by atoms with van der Waals surface area (Å²) in [5.74, 6) is -1.21. The fraction of sp³-hybridized carbons (Fsp3) is 0. The van der Waals surface area contributed by atoms with Gasteiger partial charge in [-0.05, 0) is 34.1 Å². The Morgan fingerprint density at radius 1 is 1.38 bits per heavy atom. The molecule has 0 atom stereocenters. The molecule has 0 saturated heterocycles. The summed E-state index contributed by atoms with van der Waals surface area (Å²) < 4.78 is 27.0. The van der Waals surface area contributed by atoms with Gasteiger partial charge in [0.25, 0.3) is 10.0 Å². The fourth-order valence-corrected chi connectivity index (χ4v) is 4.99. The number of nitrogens with one attached hydrogen (secondary N) is 1. The second-order valence-electron chi connectivity index (χ2n) is 3.82. The molecule has 0 radical (unpaired) electrons. The Morgan fingerprint density at radius 3 is 2.62 bits per heavy atom. The number of sulfonamides is 1. The SMILES string of the molecule is N#Cc1ccccc1NS(=O)(=O)c1cc(C(=O)O)sc1Br. The van der Waals surface area contributed by atoms with E-state index in [0.717, 1.165) is 17.4 Å². The highest BCUT2D eigenvalue weighted by Gasteiger charge is 2.24. The Labute approximate surface area is 132 Å². The molecule has 0 unspecified atom stereocenters. The van der Waals surface area contributed by atoms with E-state index < -0.39 is 16.0 Å². The Morgan fingerprint density at radius 2 is 2.05 bits per heavy atom. The Kier molecular flexibility index (Phi) is 4.32. The predicted octanol–water partition coefficient (Wildman–Crippen LogP) is 2.88. The number of thiophene rings is 1. The van der Waals surface area contributed by atoms with Crippen molar-refractivity contribution in [2.75, 3.05) is 4.72 Å². The maximum Gasteiger partial charge on any atom is 0.345 e. The van der Waals surface area contributed by atoms with Crippen LogP contribution >= 0.6 is 27.3 Å². The van der Waals surface area contributed by atoms with E-state index in [-0.39, 0.29) is 24.8 Å². The maximum absolute atomic E-state index is 12.3. The zero-order valence-corrected chi connectivity index (χ0v) is 13.4. The van der Waals surface area contributed by atoms with Crippen LogP contribution in [-0.2, 0) is 10.0 Å². The van der Waals surface area contributed by atoms with Crippen molar-refractivity contribution >= 4 is 48.9 Å². The maximum atomic E-state index is 12.3. The lowest BCUT2D eigenvalue weighted by Gasteiger charge is -2.08. The Bertz CT molecular complexity index is 852. The number of para-hydroxylation sites is 1. The summed E-state index contributed by atoms with van der Waals surface area (Å²) in [5, 5.41) is 17.8. The van der Waals surface area contributed by atoms with E-state index in [1.165, 1.54) is 12.1 Å². The van der Waals surface area contributed by atoms with Crippen molar-refractivity contribution in [1.29, 1.82) is 5.26 Å². The molecule has 0 aliphatic carbocycles. The number of carboxylic acids is 1. The molecule has 0 amide bonds. The molecule has 0 fully saturated rings. The van der Waals surface area contributed by atoms with Gasteiger partial charge in [0.2, 0.25) is 0 Å². The van der Waals surface area contributed by atoms with Crippen LogP contribution in [0.1, 0.15) is 15.2 Å². The van der Waals surface area contributed by atoms with E-state index >= 15 is 0 Å². The van der Waals surface area contributed by atoms with Crippen molar-refractivity contribution in [3.63, 3.8) is 0 Å². The third kappa shape index (κ3) is 3.24. The fourth-order valence-electron chi connectivity index (χ4n) is 1.51. The third-order valence-corrected chi connectivity index (χ3v) is 6.05. The average molecular weight is 387 g/mol. The van der Waals surface area contributed by atoms with Gasteiger partial charge >= 0.3 is 5.97 Å². The van der Waals surface area contributed by atoms with Crippen LogP contribution in [0.3, 0.4) is 0 Å². The van der Waals surface area contributed by atoms with E-state index in [0.29, 0.717) is 0 Å². The number of aromatic carboxylic acids is 1. The number of nitrogens with zero attached hydrogens (tertiary/aromatic N) is 1. The number of halogens is 1. The van der Waals surface area contributed by atoms with Crippen LogP contribution in [0.15, 0.2) is 39.0 Å². The Balaban J connectivity index is 2.44. The highest BCUT2D eigenvalue weighted by molar-refractivity contribution is 9.11. The molecule has 2 N–H and O–H groups in total. The molecule has 6 nitrogen and oxygen atoms in total. The summed E-state index contributed by atoms with van der Waals surface area (Å²) in [6.45, 7) is 0. The molecule has 0 saturated carbocycles. The van der Waals surface area contributed by atoms with Crippen LogP contribution in [0.25, 0.3) is 0 Å². The van der Waals surface area contributed by atoms with E-state index in [1.54, 1.807) is 12.1 Å². The van der Waals surface area contributed by atoms with Crippen LogP contribution in [0.5, 0.6) is 0 Å². The van der Waals surface area contributed by atoms with Crippen LogP contribution in [-0.4, -0.2) is 19.5 Å². The van der Waals surface area contributed by atoms with Crippen molar-refractivity contribution < 1.29 is 18.3 Å². The first-order valence-corrected chi connectivity index (χ1v) is 8.49. The smallest absolute Gasteiger partial charge is 0.345 e. The standard InChI is InChI=1S/C12H7BrN2O4S2/c13-11-10(5-9(20-11)12(16)17)21(18,19)15-8-4-2-1-3-7(8)6-14/h1-5,15H,(H,16,17). The largest absolute Gasteiger partial charge is 0.477 e. The summed E-state index contributed by atoms with van der Waals surface area (Å²) >= 11 is 3.84. The minimum absolute atomic E-state index is 0.101. The van der Waals surface area contributed by atoms with E-state index in [4.69, 9.17) is 10.4 Å². The number of carbonyl (C=O) groups is 1. The molecule has 1 aromatic heterocycles. The number of benzene rings is 1. The number of rotatable bonds is 4. The van der Waals surface area contributed by atoms with Gasteiger partial charge in [-0.25, -0.2) is 13.2 Å². The molecule has 1 heterocycles. The second-order valence-corrected chi connectivity index (χ2v) is 7.84. The first-order chi connectivity index (χ1) is 9.85. The average Bonchev–Trinajstić information content (AvgIpc) is 2.82. The van der Waals surface area contributed by atoms with Gasteiger partial charge < -0.3 is 5.11 Å². The number of hydrogen-bond acceptors (Lipinski definition) is 5. The van der Waals surface area contributed by atoms with Crippen LogP contribution in [0, 0.1) is 11.3 Å². The van der Waals surface area contributed by atoms with Gasteiger partial charge in [0.05, 0.1) is 15.0 Å². The lowest BCUT2D eigenvalue weighted by atomic mass is 10.2. The molecule has 2 aromatic rings. The van der Waals surface area contributed by atoms with Crippen LogP contribution in [0.2, 0.25) is 0 Å². The predicted molar refractivity (Wildman–Crippen MR) is 80.9 cm³/mol. The molecule has 9 heteroatoms. The summed E-state index contributed by atoms with van der Waals surface area (Å²) in [5.41, 5.74) is 0.306. The quantitative estimate of drug-likeness (QED) is 0.839. The topological polar surface area (TPSA) is 107 Å². The molecule has 0 aliphatic heterocycles. The van der Waals surface area contributed by atoms with Gasteiger partial charge in [-0.15, -0.1) is 11.3 Å². The number of carboxylic acid groups (broad SMARTS) is 1. The zero-order chi connectivity index (χ0) is 15.6. The number of nitriles is 1. The van der Waals surface area contributed by atoms with Crippen molar-refractivity contribution in [3.05, 3.63) is 44.6 Å². The highest BCUT2D eigenvalue weighted by Crippen LogP contribution is 2.33. The monoisotopic (exact) mass is 386 g/mol. The molecule has 0 aliphatic rings. The highest BCUT2D eigenvalue weighted by atomic mass is 79.9. The molecular formula is C12H7BrN2O4S2. The van der Waals surface area contributed by atoms with Gasteiger partial charge in [-0.3, -0.25) is 4.72 Å². The van der Waals surface area contributed by atoms with Gasteiger partial charge in [-0.2, -0.15) is 5.26 Å². The lowest BCUT2D eigenvalue weighted by Crippen LogP contribution is -2.13. The van der Waals surface area contributed by atoms with E-state index in [1.807, 2.05) is 6.07 Å². The molecular weight excluding hydrogens is 380 g/mol. The van der Waals surface area contributed by atoms with Crippen molar-refractivity contribution in [1.82, 2.24) is 0 Å². The molecule has 2 rings (SSSR count). The molecule has 1 aromatic carbocycles. The number of hydrogen-bond donors (Lipinski definition) is 2. The van der Waals surface area contributed by atoms with E-state index in [2.05, 4.69) is 20.7 Å². The summed E-state index contributed by atoms with van der Waals surface area (Å²) in [6.07, 6.45) is 0.